The predicted octanol–water partition coefficient (Wildman–Crippen LogP) is 5.28. The van der Waals surface area contributed by atoms with Gasteiger partial charge in [-0.25, -0.2) is 0 Å². The average Bonchev–Trinajstić information content (AvgIpc) is 2.66. The van der Waals surface area contributed by atoms with Gasteiger partial charge in [-0.05, 0) is 72.4 Å². The standard InChI is InChI=1S/C23H26O3/c1-2-5-20(15-23(24)25)19-10-12-22(13-11-19)26-16-17-8-9-18-6-3-4-7-21(18)14-17/h2,8-14,20H,1,3-7,15-16H2,(H,24,25)/t20-/m1/s1. The molecule has 0 saturated heterocycles. The summed E-state index contributed by atoms with van der Waals surface area (Å²) in [4.78, 5) is 11.0. The number of ether oxygens (including phenoxy) is 1. The molecule has 3 nitrogen and oxygen atoms in total. The second-order valence-corrected chi connectivity index (χ2v) is 6.99. The number of aryl methyl sites for hydroxylation is 2. The lowest BCUT2D eigenvalue weighted by molar-refractivity contribution is -0.137. The maximum absolute atomic E-state index is 11.0. The third-order valence-corrected chi connectivity index (χ3v) is 5.04. The fourth-order valence-corrected chi connectivity index (χ4v) is 3.63. The van der Waals surface area contributed by atoms with E-state index >= 15 is 0 Å². The van der Waals surface area contributed by atoms with Crippen LogP contribution in [0.4, 0.5) is 0 Å². The zero-order valence-electron chi connectivity index (χ0n) is 15.1. The van der Waals surface area contributed by atoms with Crippen LogP contribution in [0, 0.1) is 0 Å². The molecule has 0 saturated carbocycles. The highest BCUT2D eigenvalue weighted by atomic mass is 16.5. The van der Waals surface area contributed by atoms with Gasteiger partial charge in [0.15, 0.2) is 0 Å². The number of carboxylic acid groups (broad SMARTS) is 1. The molecule has 26 heavy (non-hydrogen) atoms. The third-order valence-electron chi connectivity index (χ3n) is 5.04. The number of allylic oxidation sites excluding steroid dienone is 1. The van der Waals surface area contributed by atoms with Gasteiger partial charge in [-0.15, -0.1) is 6.58 Å². The molecule has 1 aliphatic rings. The third kappa shape index (κ3) is 4.75. The second kappa shape index (κ2) is 8.70. The molecule has 0 spiro atoms. The number of carbonyl (C=O) groups is 1. The number of rotatable bonds is 8. The Kier molecular flexibility index (Phi) is 6.11. The van der Waals surface area contributed by atoms with E-state index in [0.29, 0.717) is 13.0 Å². The molecular weight excluding hydrogens is 324 g/mol. The van der Waals surface area contributed by atoms with E-state index in [2.05, 4.69) is 24.8 Å². The van der Waals surface area contributed by atoms with Crippen molar-refractivity contribution < 1.29 is 14.6 Å². The molecule has 2 aromatic rings. The van der Waals surface area contributed by atoms with Gasteiger partial charge in [0.25, 0.3) is 0 Å². The van der Waals surface area contributed by atoms with Crippen molar-refractivity contribution >= 4 is 5.97 Å². The Morgan fingerprint density at radius 1 is 1.12 bits per heavy atom. The molecule has 0 bridgehead atoms. The summed E-state index contributed by atoms with van der Waals surface area (Å²) < 4.78 is 5.92. The number of hydrogen-bond acceptors (Lipinski definition) is 2. The summed E-state index contributed by atoms with van der Waals surface area (Å²) in [7, 11) is 0. The van der Waals surface area contributed by atoms with E-state index in [9.17, 15) is 4.79 Å². The molecule has 2 aromatic carbocycles. The molecule has 136 valence electrons. The van der Waals surface area contributed by atoms with Crippen molar-refractivity contribution in [1.82, 2.24) is 0 Å². The van der Waals surface area contributed by atoms with Crippen LogP contribution in [0.3, 0.4) is 0 Å². The lowest BCUT2D eigenvalue weighted by Crippen LogP contribution is -2.06. The first-order valence-corrected chi connectivity index (χ1v) is 9.32. The van der Waals surface area contributed by atoms with Gasteiger partial charge in [-0.2, -0.15) is 0 Å². The van der Waals surface area contributed by atoms with Gasteiger partial charge in [0.2, 0.25) is 0 Å². The lowest BCUT2D eigenvalue weighted by atomic mass is 9.90. The number of aliphatic carboxylic acids is 1. The van der Waals surface area contributed by atoms with Crippen LogP contribution in [0.25, 0.3) is 0 Å². The first-order valence-electron chi connectivity index (χ1n) is 9.32. The highest BCUT2D eigenvalue weighted by Gasteiger charge is 2.14. The Bertz CT molecular complexity index is 762. The van der Waals surface area contributed by atoms with Crippen LogP contribution >= 0.6 is 0 Å². The summed E-state index contributed by atoms with van der Waals surface area (Å²) in [6.45, 7) is 4.28. The van der Waals surface area contributed by atoms with E-state index in [4.69, 9.17) is 9.84 Å². The van der Waals surface area contributed by atoms with Crippen molar-refractivity contribution in [2.24, 2.45) is 0 Å². The van der Waals surface area contributed by atoms with Crippen LogP contribution in [0.2, 0.25) is 0 Å². The largest absolute Gasteiger partial charge is 0.489 e. The molecule has 3 rings (SSSR count). The van der Waals surface area contributed by atoms with Crippen LogP contribution in [0.5, 0.6) is 5.75 Å². The fourth-order valence-electron chi connectivity index (χ4n) is 3.63. The van der Waals surface area contributed by atoms with Crippen LogP contribution < -0.4 is 4.74 Å². The van der Waals surface area contributed by atoms with Gasteiger partial charge in [0, 0.05) is 0 Å². The molecule has 0 aliphatic heterocycles. The predicted molar refractivity (Wildman–Crippen MR) is 104 cm³/mol. The van der Waals surface area contributed by atoms with E-state index in [1.165, 1.54) is 42.4 Å². The maximum atomic E-state index is 11.0. The molecule has 0 fully saturated rings. The summed E-state index contributed by atoms with van der Waals surface area (Å²) >= 11 is 0. The van der Waals surface area contributed by atoms with E-state index in [1.807, 2.05) is 24.3 Å². The molecule has 1 N–H and O–H groups in total. The molecule has 0 unspecified atom stereocenters. The summed E-state index contributed by atoms with van der Waals surface area (Å²) in [5.74, 6) is -0.0246. The molecule has 0 aromatic heterocycles. The topological polar surface area (TPSA) is 46.5 Å². The van der Waals surface area contributed by atoms with Gasteiger partial charge in [-0.3, -0.25) is 4.79 Å². The molecule has 3 heteroatoms. The quantitative estimate of drug-likeness (QED) is 0.659. The molecular formula is C23H26O3. The highest BCUT2D eigenvalue weighted by molar-refractivity contribution is 5.68. The highest BCUT2D eigenvalue weighted by Crippen LogP contribution is 2.27. The second-order valence-electron chi connectivity index (χ2n) is 6.99. The van der Waals surface area contributed by atoms with E-state index in [1.54, 1.807) is 6.08 Å². The molecule has 1 aliphatic carbocycles. The van der Waals surface area contributed by atoms with Crippen LogP contribution in [-0.2, 0) is 24.2 Å². The van der Waals surface area contributed by atoms with Crippen molar-refractivity contribution in [2.75, 3.05) is 0 Å². The summed E-state index contributed by atoms with van der Waals surface area (Å²) in [5.41, 5.74) is 5.16. The van der Waals surface area contributed by atoms with Crippen molar-refractivity contribution in [3.63, 3.8) is 0 Å². The number of carboxylic acids is 1. The van der Waals surface area contributed by atoms with Crippen molar-refractivity contribution in [1.29, 1.82) is 0 Å². The van der Waals surface area contributed by atoms with E-state index < -0.39 is 5.97 Å². The monoisotopic (exact) mass is 350 g/mol. The number of fused-ring (bicyclic) bond motifs is 1. The van der Waals surface area contributed by atoms with Gasteiger partial charge in [0.05, 0.1) is 6.42 Å². The van der Waals surface area contributed by atoms with Crippen LogP contribution in [-0.4, -0.2) is 11.1 Å². The number of benzene rings is 2. The number of hydrogen-bond donors (Lipinski definition) is 1. The van der Waals surface area contributed by atoms with Crippen LogP contribution in [0.1, 0.15) is 53.9 Å². The van der Waals surface area contributed by atoms with E-state index in [-0.39, 0.29) is 12.3 Å². The zero-order valence-corrected chi connectivity index (χ0v) is 15.1. The zero-order chi connectivity index (χ0) is 18.4. The Morgan fingerprint density at radius 2 is 1.85 bits per heavy atom. The first-order chi connectivity index (χ1) is 12.7. The Balaban J connectivity index is 1.62. The summed E-state index contributed by atoms with van der Waals surface area (Å²) in [5, 5.41) is 9.06. The molecule has 0 radical (unpaired) electrons. The molecule has 0 heterocycles. The van der Waals surface area contributed by atoms with Crippen molar-refractivity contribution in [3.05, 3.63) is 77.4 Å². The van der Waals surface area contributed by atoms with Gasteiger partial charge >= 0.3 is 5.97 Å². The van der Waals surface area contributed by atoms with Gasteiger partial charge in [0.1, 0.15) is 12.4 Å². The van der Waals surface area contributed by atoms with E-state index in [0.717, 1.165) is 11.3 Å². The summed E-state index contributed by atoms with van der Waals surface area (Å²) in [6.07, 6.45) is 7.48. The Hall–Kier alpha value is -2.55. The molecule has 1 atom stereocenters. The van der Waals surface area contributed by atoms with Crippen LogP contribution in [0.15, 0.2) is 55.1 Å². The van der Waals surface area contributed by atoms with Gasteiger partial charge < -0.3 is 9.84 Å². The SMILES string of the molecule is C=CC[C@H](CC(=O)O)c1ccc(OCc2ccc3c(c2)CCCC3)cc1. The minimum Gasteiger partial charge on any atom is -0.489 e. The minimum atomic E-state index is -0.787. The van der Waals surface area contributed by atoms with Crippen molar-refractivity contribution in [3.8, 4) is 5.75 Å². The average molecular weight is 350 g/mol. The first kappa shape index (κ1) is 18.2. The Morgan fingerprint density at radius 3 is 2.54 bits per heavy atom. The fraction of sp³-hybridized carbons (Fsp3) is 0.348. The lowest BCUT2D eigenvalue weighted by Gasteiger charge is -2.17. The summed E-state index contributed by atoms with van der Waals surface area (Å²) in [6, 6.07) is 14.4. The minimum absolute atomic E-state index is 0.0419. The van der Waals surface area contributed by atoms with Gasteiger partial charge in [-0.1, -0.05) is 36.4 Å². The normalized spacial score (nSPS) is 14.3. The smallest absolute Gasteiger partial charge is 0.303 e. The maximum Gasteiger partial charge on any atom is 0.303 e. The Labute approximate surface area is 155 Å². The molecule has 0 amide bonds. The van der Waals surface area contributed by atoms with Crippen molar-refractivity contribution in [2.45, 2.75) is 51.0 Å².